The van der Waals surface area contributed by atoms with Crippen LogP contribution in [0.5, 0.6) is 0 Å². The van der Waals surface area contributed by atoms with Crippen molar-refractivity contribution < 1.29 is 32.6 Å². The third-order valence-electron chi connectivity index (χ3n) is 9.26. The van der Waals surface area contributed by atoms with Gasteiger partial charge in [-0.15, -0.1) is 0 Å². The Balaban J connectivity index is 1.74. The molecule has 1 heterocycles. The lowest BCUT2D eigenvalue weighted by atomic mass is 9.97. The van der Waals surface area contributed by atoms with Crippen LogP contribution in [0.4, 0.5) is 10.3 Å². The number of carbonyl (C=O) groups is 2. The molecule has 13 heteroatoms. The third-order valence-corrected chi connectivity index (χ3v) is 10.4. The number of sulfonamides is 1. The van der Waals surface area contributed by atoms with E-state index in [1.54, 1.807) is 6.08 Å². The predicted molar refractivity (Wildman–Crippen MR) is 221 cm³/mol. The number of allylic oxidation sites excluding steroid dienone is 2. The number of nitrogens with one attached hydrogen (secondary N) is 2. The second-order valence-corrected chi connectivity index (χ2v) is 16.6. The molecule has 2 rings (SSSR count). The van der Waals surface area contributed by atoms with Gasteiger partial charge in [-0.25, -0.2) is 27.1 Å². The standard InChI is InChI=1S/C42H66FN5O6S/c1-6-7-8-9-10-11-12-13-14-15-16-17-18-19-20-21-38(51)44-28-29-45-39(52)31-36(50)30-35(49)26-27-37-40(32(2)3)46-42(48(4)55(5,53)54)47-41(37)33-22-24-34(43)25-23-33/h13-14,22-27,32,35-36,49-50H,6-12,15-21,28-31H2,1-5H3,(H,44,51)(H,45,52). The van der Waals surface area contributed by atoms with Gasteiger partial charge in [0.15, 0.2) is 0 Å². The van der Waals surface area contributed by atoms with Gasteiger partial charge in [-0.2, -0.15) is 0 Å². The van der Waals surface area contributed by atoms with Gasteiger partial charge in [-0.3, -0.25) is 9.59 Å². The van der Waals surface area contributed by atoms with Gasteiger partial charge in [0.2, 0.25) is 27.8 Å². The van der Waals surface area contributed by atoms with Crippen molar-refractivity contribution in [1.29, 1.82) is 0 Å². The van der Waals surface area contributed by atoms with Crippen molar-refractivity contribution in [2.24, 2.45) is 0 Å². The van der Waals surface area contributed by atoms with Crippen LogP contribution in [0.2, 0.25) is 0 Å². The van der Waals surface area contributed by atoms with Gasteiger partial charge in [-0.1, -0.05) is 96.4 Å². The zero-order valence-corrected chi connectivity index (χ0v) is 34.6. The molecule has 0 fully saturated rings. The van der Waals surface area contributed by atoms with Crippen LogP contribution < -0.4 is 14.9 Å². The summed E-state index contributed by atoms with van der Waals surface area (Å²) in [5.74, 6) is -1.14. The van der Waals surface area contributed by atoms with Crippen molar-refractivity contribution in [3.63, 3.8) is 0 Å². The molecule has 2 atom stereocenters. The summed E-state index contributed by atoms with van der Waals surface area (Å²) in [7, 11) is -2.34. The van der Waals surface area contributed by atoms with Crippen LogP contribution in [0.15, 0.2) is 42.5 Å². The minimum absolute atomic E-state index is 0.0486. The number of halogens is 1. The van der Waals surface area contributed by atoms with Gasteiger partial charge in [-0.05, 0) is 62.3 Å². The van der Waals surface area contributed by atoms with Gasteiger partial charge >= 0.3 is 0 Å². The van der Waals surface area contributed by atoms with Gasteiger partial charge in [0, 0.05) is 44.1 Å². The SMILES string of the molecule is CCCCCCCCC=CCCCCCCCC(=O)NCCNC(=O)CC(O)CC(O)C=Cc1c(-c2ccc(F)cc2)nc(N(C)S(C)(=O)=O)nc1C(C)C. The van der Waals surface area contributed by atoms with Gasteiger partial charge in [0.25, 0.3) is 0 Å². The fourth-order valence-corrected chi connectivity index (χ4v) is 6.36. The molecule has 308 valence electrons. The molecular weight excluding hydrogens is 722 g/mol. The second-order valence-electron chi connectivity index (χ2n) is 14.6. The Hall–Kier alpha value is -3.68. The van der Waals surface area contributed by atoms with Crippen molar-refractivity contribution in [2.45, 2.75) is 142 Å². The van der Waals surface area contributed by atoms with Crippen molar-refractivity contribution in [3.8, 4) is 11.3 Å². The highest BCUT2D eigenvalue weighted by atomic mass is 32.2. The molecule has 0 aliphatic heterocycles. The second kappa shape index (κ2) is 26.2. The lowest BCUT2D eigenvalue weighted by molar-refractivity contribution is -0.124. The zero-order valence-electron chi connectivity index (χ0n) is 33.7. The Morgan fingerprint density at radius 2 is 1.42 bits per heavy atom. The molecule has 2 unspecified atom stereocenters. The highest BCUT2D eigenvalue weighted by Gasteiger charge is 2.23. The summed E-state index contributed by atoms with van der Waals surface area (Å²) in [5.41, 5.74) is 1.85. The molecule has 55 heavy (non-hydrogen) atoms. The van der Waals surface area contributed by atoms with E-state index in [1.165, 1.54) is 95.2 Å². The van der Waals surface area contributed by atoms with Crippen molar-refractivity contribution >= 4 is 33.9 Å². The number of aliphatic hydroxyl groups excluding tert-OH is 2. The van der Waals surface area contributed by atoms with Crippen molar-refractivity contribution in [3.05, 3.63) is 59.6 Å². The topological polar surface area (TPSA) is 162 Å². The predicted octanol–water partition coefficient (Wildman–Crippen LogP) is 7.59. The van der Waals surface area contributed by atoms with Gasteiger partial charge in [0.1, 0.15) is 5.82 Å². The first-order valence-corrected chi connectivity index (χ1v) is 21.9. The number of amides is 2. The highest BCUT2D eigenvalue weighted by molar-refractivity contribution is 7.92. The minimum atomic E-state index is -3.68. The van der Waals surface area contributed by atoms with Crippen LogP contribution in [-0.2, 0) is 19.6 Å². The van der Waals surface area contributed by atoms with Crippen LogP contribution in [0.3, 0.4) is 0 Å². The number of benzene rings is 1. The van der Waals surface area contributed by atoms with E-state index in [1.807, 2.05) is 13.8 Å². The fourth-order valence-electron chi connectivity index (χ4n) is 5.98. The Bertz CT molecular complexity index is 1600. The Morgan fingerprint density at radius 3 is 2.00 bits per heavy atom. The summed E-state index contributed by atoms with van der Waals surface area (Å²) in [4.78, 5) is 33.6. The molecule has 11 nitrogen and oxygen atoms in total. The molecule has 1 aromatic heterocycles. The maximum absolute atomic E-state index is 13.8. The number of anilines is 1. The number of nitrogens with zero attached hydrogens (tertiary/aromatic N) is 3. The summed E-state index contributed by atoms with van der Waals surface area (Å²) >= 11 is 0. The first-order valence-electron chi connectivity index (χ1n) is 20.1. The van der Waals surface area contributed by atoms with E-state index in [0.717, 1.165) is 36.2 Å². The molecule has 0 aliphatic rings. The van der Waals surface area contributed by atoms with Crippen LogP contribution in [0, 0.1) is 5.82 Å². The smallest absolute Gasteiger partial charge is 0.239 e. The zero-order chi connectivity index (χ0) is 40.6. The summed E-state index contributed by atoms with van der Waals surface area (Å²) < 4.78 is 39.3. The Morgan fingerprint density at radius 1 is 0.855 bits per heavy atom. The average Bonchev–Trinajstić information content (AvgIpc) is 3.13. The molecule has 0 radical (unpaired) electrons. The van der Waals surface area contributed by atoms with E-state index in [-0.39, 0.29) is 43.7 Å². The molecule has 0 saturated heterocycles. The first kappa shape index (κ1) is 47.5. The number of aliphatic hydroxyl groups is 2. The van der Waals surface area contributed by atoms with Crippen molar-refractivity contribution in [1.82, 2.24) is 20.6 Å². The number of aromatic nitrogens is 2. The number of rotatable bonds is 28. The maximum Gasteiger partial charge on any atom is 0.239 e. The molecule has 2 amide bonds. The molecular formula is C42H66FN5O6S. The fraction of sp³-hybridized carbons (Fsp3) is 0.619. The van der Waals surface area contributed by atoms with Crippen LogP contribution in [0.25, 0.3) is 17.3 Å². The van der Waals surface area contributed by atoms with E-state index in [4.69, 9.17) is 0 Å². The van der Waals surface area contributed by atoms with Gasteiger partial charge < -0.3 is 20.8 Å². The molecule has 2 aromatic rings. The average molecular weight is 788 g/mol. The van der Waals surface area contributed by atoms with Crippen LogP contribution in [-0.4, -0.2) is 79.0 Å². The highest BCUT2D eigenvalue weighted by Crippen LogP contribution is 2.32. The van der Waals surface area contributed by atoms with E-state index in [9.17, 15) is 32.6 Å². The monoisotopic (exact) mass is 787 g/mol. The lowest BCUT2D eigenvalue weighted by Gasteiger charge is -2.20. The largest absolute Gasteiger partial charge is 0.392 e. The quantitative estimate of drug-likeness (QED) is 0.0507. The molecule has 0 saturated carbocycles. The Kier molecular flexibility index (Phi) is 22.6. The van der Waals surface area contributed by atoms with E-state index < -0.39 is 34.0 Å². The van der Waals surface area contributed by atoms with E-state index >= 15 is 0 Å². The minimum Gasteiger partial charge on any atom is -0.392 e. The van der Waals surface area contributed by atoms with Crippen LogP contribution >= 0.6 is 0 Å². The van der Waals surface area contributed by atoms with E-state index in [2.05, 4.69) is 39.7 Å². The molecule has 0 spiro atoms. The molecule has 4 N–H and O–H groups in total. The summed E-state index contributed by atoms with van der Waals surface area (Å²) in [6, 6.07) is 5.58. The third kappa shape index (κ3) is 19.7. The summed E-state index contributed by atoms with van der Waals surface area (Å²) in [6.45, 7) is 6.51. The summed E-state index contributed by atoms with van der Waals surface area (Å²) in [5, 5.41) is 26.8. The summed E-state index contributed by atoms with van der Waals surface area (Å²) in [6.07, 6.45) is 22.1. The normalized spacial score (nSPS) is 13.1. The lowest BCUT2D eigenvalue weighted by Crippen LogP contribution is -2.36. The molecule has 0 bridgehead atoms. The molecule has 0 aliphatic carbocycles. The first-order chi connectivity index (χ1) is 26.2. The van der Waals surface area contributed by atoms with Gasteiger partial charge in [0.05, 0.1) is 36.3 Å². The number of hydrogen-bond acceptors (Lipinski definition) is 8. The maximum atomic E-state index is 13.8. The Labute approximate surface area is 329 Å². The van der Waals surface area contributed by atoms with Crippen molar-refractivity contribution in [2.75, 3.05) is 30.7 Å². The molecule has 1 aromatic carbocycles. The number of carbonyl (C=O) groups excluding carboxylic acids is 2. The van der Waals surface area contributed by atoms with E-state index in [0.29, 0.717) is 28.9 Å². The number of unbranched alkanes of at least 4 members (excludes halogenated alkanes) is 11. The van der Waals surface area contributed by atoms with Crippen LogP contribution in [0.1, 0.15) is 141 Å². The number of hydrogen-bond donors (Lipinski definition) is 4.